The second-order valence-corrected chi connectivity index (χ2v) is 6.69. The van der Waals surface area contributed by atoms with Gasteiger partial charge in [0.2, 0.25) is 0 Å². The minimum Gasteiger partial charge on any atom is -0.450 e. The predicted octanol–water partition coefficient (Wildman–Crippen LogP) is 4.02. The molecule has 1 unspecified atom stereocenters. The van der Waals surface area contributed by atoms with Gasteiger partial charge >= 0.3 is 12.3 Å². The van der Waals surface area contributed by atoms with Gasteiger partial charge in [0.1, 0.15) is 0 Å². The van der Waals surface area contributed by atoms with Crippen LogP contribution in [0.2, 0.25) is 0 Å². The van der Waals surface area contributed by atoms with E-state index >= 15 is 0 Å². The van der Waals surface area contributed by atoms with Crippen molar-refractivity contribution in [3.8, 4) is 0 Å². The van der Waals surface area contributed by atoms with Crippen LogP contribution in [-0.4, -0.2) is 44.6 Å². The lowest BCUT2D eigenvalue weighted by atomic mass is 9.72. The van der Waals surface area contributed by atoms with E-state index in [2.05, 4.69) is 46.4 Å². The van der Waals surface area contributed by atoms with Crippen molar-refractivity contribution in [2.75, 3.05) is 6.61 Å². The molecule has 0 saturated carbocycles. The fraction of sp³-hybridized carbons (Fsp3) is 0.846. The van der Waals surface area contributed by atoms with E-state index in [0.717, 1.165) is 6.42 Å². The predicted molar refractivity (Wildman–Crippen MR) is 76.9 cm³/mol. The second kappa shape index (κ2) is 11.2. The highest BCUT2D eigenvalue weighted by Crippen LogP contribution is 2.35. The van der Waals surface area contributed by atoms with Crippen molar-refractivity contribution in [2.24, 2.45) is 16.7 Å². The van der Waals surface area contributed by atoms with Crippen LogP contribution in [0, 0.1) is 16.7 Å². The van der Waals surface area contributed by atoms with Crippen LogP contribution in [0.15, 0.2) is 0 Å². The largest absolute Gasteiger partial charge is 0.503 e. The Hall–Kier alpha value is -1.54. The zero-order chi connectivity index (χ0) is 17.9. The summed E-state index contributed by atoms with van der Waals surface area (Å²) in [6, 6.07) is 0. The summed E-state index contributed by atoms with van der Waals surface area (Å²) >= 11 is 0. The first-order valence-electron chi connectivity index (χ1n) is 6.23. The summed E-state index contributed by atoms with van der Waals surface area (Å²) in [6.07, 6.45) is -2.60. The number of carboxylic acid groups (broad SMARTS) is 4. The summed E-state index contributed by atoms with van der Waals surface area (Å²) in [5, 5.41) is 36.4. The van der Waals surface area contributed by atoms with Gasteiger partial charge in [-0.3, -0.25) is 5.26 Å². The van der Waals surface area contributed by atoms with E-state index in [1.165, 1.54) is 0 Å². The third-order valence-electron chi connectivity index (χ3n) is 2.36. The molecular weight excluding hydrogens is 284 g/mol. The lowest BCUT2D eigenvalue weighted by Gasteiger charge is -2.34. The molecule has 0 aromatic carbocycles. The topological polar surface area (TPSA) is 145 Å². The molecule has 0 rings (SSSR count). The Kier molecular flexibility index (Phi) is 13.0. The van der Waals surface area contributed by atoms with Crippen LogP contribution in [0.5, 0.6) is 0 Å². The molecule has 8 heteroatoms. The molecule has 128 valence electrons. The number of hydrogen-bond donors (Lipinski definition) is 5. The molecule has 0 bridgehead atoms. The standard InChI is InChI=1S/C11H24O2.2CH2O3/c1-10(2,3)7-9(8-13-12)11(4,5)6;2*2-1(3)4/h9,12H,7-8H2,1-6H3;2*(H2,2,3,4). The molecule has 0 aromatic rings. The van der Waals surface area contributed by atoms with Crippen molar-refractivity contribution in [3.63, 3.8) is 0 Å². The summed E-state index contributed by atoms with van der Waals surface area (Å²) in [5.74, 6) is 0.400. The molecule has 5 N–H and O–H groups in total. The van der Waals surface area contributed by atoms with E-state index < -0.39 is 12.3 Å². The molecule has 0 fully saturated rings. The fourth-order valence-electron chi connectivity index (χ4n) is 1.44. The van der Waals surface area contributed by atoms with Gasteiger partial charge in [-0.2, -0.15) is 0 Å². The fourth-order valence-corrected chi connectivity index (χ4v) is 1.44. The summed E-state index contributed by atoms with van der Waals surface area (Å²) in [6.45, 7) is 13.6. The Morgan fingerprint density at radius 2 is 1.19 bits per heavy atom. The van der Waals surface area contributed by atoms with Crippen molar-refractivity contribution in [1.29, 1.82) is 0 Å². The monoisotopic (exact) mass is 312 g/mol. The van der Waals surface area contributed by atoms with Gasteiger partial charge in [-0.25, -0.2) is 14.5 Å². The van der Waals surface area contributed by atoms with Crippen LogP contribution in [-0.2, 0) is 4.89 Å². The summed E-state index contributed by atoms with van der Waals surface area (Å²) < 4.78 is 0. The van der Waals surface area contributed by atoms with Crippen molar-refractivity contribution in [3.05, 3.63) is 0 Å². The van der Waals surface area contributed by atoms with Crippen LogP contribution in [0.4, 0.5) is 9.59 Å². The first-order chi connectivity index (χ1) is 9.13. The first-order valence-corrected chi connectivity index (χ1v) is 6.23. The molecule has 8 nitrogen and oxygen atoms in total. The molecule has 0 heterocycles. The van der Waals surface area contributed by atoms with Crippen LogP contribution >= 0.6 is 0 Å². The summed E-state index contributed by atoms with van der Waals surface area (Å²) in [5.41, 5.74) is 0.479. The quantitative estimate of drug-likeness (QED) is 0.388. The van der Waals surface area contributed by atoms with Crippen molar-refractivity contribution in [1.82, 2.24) is 0 Å². The van der Waals surface area contributed by atoms with Gasteiger partial charge < -0.3 is 20.4 Å². The van der Waals surface area contributed by atoms with Crippen molar-refractivity contribution in [2.45, 2.75) is 48.0 Å². The normalized spacial score (nSPS) is 12.1. The maximum atomic E-state index is 8.56. The smallest absolute Gasteiger partial charge is 0.450 e. The lowest BCUT2D eigenvalue weighted by Crippen LogP contribution is -2.29. The highest BCUT2D eigenvalue weighted by Gasteiger charge is 2.29. The molecule has 0 aliphatic heterocycles. The average molecular weight is 312 g/mol. The van der Waals surface area contributed by atoms with Crippen LogP contribution in [0.3, 0.4) is 0 Å². The van der Waals surface area contributed by atoms with Gasteiger partial charge in [-0.05, 0) is 23.2 Å². The Bertz CT molecular complexity index is 268. The highest BCUT2D eigenvalue weighted by atomic mass is 17.1. The Morgan fingerprint density at radius 3 is 1.33 bits per heavy atom. The second-order valence-electron chi connectivity index (χ2n) is 6.69. The average Bonchev–Trinajstić information content (AvgIpc) is 2.11. The van der Waals surface area contributed by atoms with Crippen molar-refractivity contribution >= 4 is 12.3 Å². The molecule has 0 saturated heterocycles. The molecule has 1 atom stereocenters. The molecule has 0 aliphatic rings. The van der Waals surface area contributed by atoms with Gasteiger partial charge in [0.05, 0.1) is 6.61 Å². The highest BCUT2D eigenvalue weighted by molar-refractivity contribution is 5.53. The Balaban J connectivity index is -0.000000334. The molecule has 0 aliphatic carbocycles. The van der Waals surface area contributed by atoms with Gasteiger partial charge in [0, 0.05) is 0 Å². The van der Waals surface area contributed by atoms with Crippen molar-refractivity contribution < 1.29 is 40.2 Å². The molecule has 21 heavy (non-hydrogen) atoms. The third-order valence-corrected chi connectivity index (χ3v) is 2.36. The SMILES string of the molecule is CC(C)(C)CC(COO)C(C)(C)C.O=C(O)O.O=C(O)O. The number of rotatable bonds is 3. The maximum Gasteiger partial charge on any atom is 0.503 e. The van der Waals surface area contributed by atoms with E-state index in [9.17, 15) is 0 Å². The minimum absolute atomic E-state index is 0.190. The van der Waals surface area contributed by atoms with E-state index in [1.807, 2.05) is 0 Å². The first kappa shape index (κ1) is 24.5. The third kappa shape index (κ3) is 32.2. The van der Waals surface area contributed by atoms with Crippen LogP contribution in [0.1, 0.15) is 48.0 Å². The molecular formula is C13H28O8. The summed E-state index contributed by atoms with van der Waals surface area (Å²) in [7, 11) is 0. The van der Waals surface area contributed by atoms with Crippen LogP contribution in [0.25, 0.3) is 0 Å². The van der Waals surface area contributed by atoms with E-state index in [-0.39, 0.29) is 10.8 Å². The summed E-state index contributed by atoms with van der Waals surface area (Å²) in [4.78, 5) is 21.4. The van der Waals surface area contributed by atoms with Gasteiger partial charge in [-0.1, -0.05) is 41.5 Å². The van der Waals surface area contributed by atoms with E-state index in [4.69, 9.17) is 35.3 Å². The van der Waals surface area contributed by atoms with Gasteiger partial charge in [0.25, 0.3) is 0 Å². The molecule has 0 spiro atoms. The Labute approximate surface area is 124 Å². The zero-order valence-electron chi connectivity index (χ0n) is 13.5. The number of carbonyl (C=O) groups is 2. The Morgan fingerprint density at radius 1 is 0.905 bits per heavy atom. The zero-order valence-corrected chi connectivity index (χ0v) is 13.5. The molecule has 0 amide bonds. The lowest BCUT2D eigenvalue weighted by molar-refractivity contribution is -0.258. The molecule has 0 radical (unpaired) electrons. The van der Waals surface area contributed by atoms with Gasteiger partial charge in [0.15, 0.2) is 0 Å². The number of hydrogen-bond acceptors (Lipinski definition) is 4. The minimum atomic E-state index is -1.83. The van der Waals surface area contributed by atoms with Crippen LogP contribution < -0.4 is 0 Å². The molecule has 0 aromatic heterocycles. The maximum absolute atomic E-state index is 8.56. The van der Waals surface area contributed by atoms with E-state index in [1.54, 1.807) is 0 Å². The van der Waals surface area contributed by atoms with E-state index in [0.29, 0.717) is 12.5 Å². The van der Waals surface area contributed by atoms with Gasteiger partial charge in [-0.15, -0.1) is 0 Å².